The molecule has 0 bridgehead atoms. The zero-order chi connectivity index (χ0) is 17.6. The third kappa shape index (κ3) is 4.33. The summed E-state index contributed by atoms with van der Waals surface area (Å²) >= 11 is 1.55. The van der Waals surface area contributed by atoms with Crippen molar-refractivity contribution >= 4 is 33.4 Å². The third-order valence-corrected chi connectivity index (χ3v) is 4.46. The molecule has 0 saturated heterocycles. The van der Waals surface area contributed by atoms with Crippen LogP contribution >= 0.6 is 11.3 Å². The molecule has 3 aromatic rings. The fourth-order valence-electron chi connectivity index (χ4n) is 2.18. The number of carbonyl (C=O) groups is 2. The first kappa shape index (κ1) is 16.9. The molecule has 0 aliphatic rings. The van der Waals surface area contributed by atoms with Crippen molar-refractivity contribution in [2.45, 2.75) is 6.54 Å². The number of benzene rings is 2. The van der Waals surface area contributed by atoms with Crippen molar-refractivity contribution in [1.82, 2.24) is 10.3 Å². The van der Waals surface area contributed by atoms with E-state index < -0.39 is 5.97 Å². The second kappa shape index (κ2) is 7.76. The highest BCUT2D eigenvalue weighted by molar-refractivity contribution is 7.18. The van der Waals surface area contributed by atoms with Crippen molar-refractivity contribution in [1.29, 1.82) is 0 Å². The van der Waals surface area contributed by atoms with E-state index in [1.165, 1.54) is 7.11 Å². The van der Waals surface area contributed by atoms with E-state index in [-0.39, 0.29) is 12.5 Å². The van der Waals surface area contributed by atoms with Crippen molar-refractivity contribution in [2.24, 2.45) is 0 Å². The lowest BCUT2D eigenvalue weighted by Gasteiger charge is -2.07. The van der Waals surface area contributed by atoms with Gasteiger partial charge in [-0.25, -0.2) is 9.78 Å². The average Bonchev–Trinajstić information content (AvgIpc) is 3.07. The zero-order valence-corrected chi connectivity index (χ0v) is 14.3. The van der Waals surface area contributed by atoms with E-state index in [2.05, 4.69) is 15.0 Å². The first-order valence-corrected chi connectivity index (χ1v) is 8.39. The molecule has 0 spiro atoms. The molecular formula is C18H16N2O4S. The van der Waals surface area contributed by atoms with Gasteiger partial charge in [-0.3, -0.25) is 4.79 Å². The molecule has 0 unspecified atom stereocenters. The van der Waals surface area contributed by atoms with Gasteiger partial charge in [-0.1, -0.05) is 18.2 Å². The summed E-state index contributed by atoms with van der Waals surface area (Å²) in [6, 6.07) is 14.5. The van der Waals surface area contributed by atoms with Gasteiger partial charge < -0.3 is 14.8 Å². The minimum atomic E-state index is -0.481. The summed E-state index contributed by atoms with van der Waals surface area (Å²) in [5.74, 6) is -0.286. The van der Waals surface area contributed by atoms with E-state index in [0.717, 1.165) is 15.2 Å². The summed E-state index contributed by atoms with van der Waals surface area (Å²) in [7, 11) is 1.29. The molecule has 1 amide bonds. The van der Waals surface area contributed by atoms with Gasteiger partial charge in [0.15, 0.2) is 6.61 Å². The number of amides is 1. The van der Waals surface area contributed by atoms with E-state index >= 15 is 0 Å². The molecule has 3 rings (SSSR count). The van der Waals surface area contributed by atoms with E-state index in [1.54, 1.807) is 35.6 Å². The molecule has 25 heavy (non-hydrogen) atoms. The molecule has 1 heterocycles. The van der Waals surface area contributed by atoms with Crippen LogP contribution in [-0.4, -0.2) is 30.6 Å². The lowest BCUT2D eigenvalue weighted by molar-refractivity contribution is -0.142. The van der Waals surface area contributed by atoms with Gasteiger partial charge in [0.2, 0.25) is 0 Å². The molecule has 7 heteroatoms. The molecule has 0 saturated carbocycles. The lowest BCUT2D eigenvalue weighted by atomic mass is 10.2. The van der Waals surface area contributed by atoms with Crippen LogP contribution in [0.4, 0.5) is 0 Å². The Bertz CT molecular complexity index is 874. The number of nitrogens with zero attached hydrogens (tertiary/aromatic N) is 1. The van der Waals surface area contributed by atoms with E-state index in [4.69, 9.17) is 4.74 Å². The molecule has 0 aliphatic carbocycles. The Balaban J connectivity index is 1.61. The summed E-state index contributed by atoms with van der Waals surface area (Å²) in [6.45, 7) is 0.151. The summed E-state index contributed by atoms with van der Waals surface area (Å²) in [4.78, 5) is 27.9. The molecule has 0 aliphatic heterocycles. The number of hydrogen-bond donors (Lipinski definition) is 1. The van der Waals surface area contributed by atoms with Crippen molar-refractivity contribution in [2.75, 3.05) is 13.7 Å². The molecule has 2 aromatic carbocycles. The number of esters is 1. The van der Waals surface area contributed by atoms with Crippen LogP contribution in [0.25, 0.3) is 10.2 Å². The lowest BCUT2D eigenvalue weighted by Crippen LogP contribution is -2.22. The molecule has 0 atom stereocenters. The van der Waals surface area contributed by atoms with Crippen molar-refractivity contribution in [3.63, 3.8) is 0 Å². The summed E-state index contributed by atoms with van der Waals surface area (Å²) in [5.41, 5.74) is 1.37. The third-order valence-electron chi connectivity index (χ3n) is 3.42. The molecule has 128 valence electrons. The van der Waals surface area contributed by atoms with Crippen molar-refractivity contribution < 1.29 is 19.1 Å². The molecule has 1 aromatic heterocycles. The van der Waals surface area contributed by atoms with Crippen LogP contribution in [0.1, 0.15) is 15.4 Å². The Morgan fingerprint density at radius 3 is 2.80 bits per heavy atom. The van der Waals surface area contributed by atoms with Gasteiger partial charge in [0.1, 0.15) is 10.8 Å². The summed E-state index contributed by atoms with van der Waals surface area (Å²) in [5, 5.41) is 3.68. The van der Waals surface area contributed by atoms with Gasteiger partial charge in [0, 0.05) is 5.56 Å². The molecule has 0 fully saturated rings. The standard InChI is InChI=1S/C18H16N2O4S/c1-23-17(21)11-24-13-6-4-5-12(9-13)18(22)19-10-16-20-14-7-2-3-8-15(14)25-16/h2-9H,10-11H2,1H3,(H,19,22). The van der Waals surface area contributed by atoms with Crippen LogP contribution in [0.15, 0.2) is 48.5 Å². The Kier molecular flexibility index (Phi) is 5.25. The van der Waals surface area contributed by atoms with Gasteiger partial charge in [-0.05, 0) is 30.3 Å². The molecule has 1 N–H and O–H groups in total. The van der Waals surface area contributed by atoms with E-state index in [1.807, 2.05) is 24.3 Å². The monoisotopic (exact) mass is 356 g/mol. The smallest absolute Gasteiger partial charge is 0.343 e. The topological polar surface area (TPSA) is 77.5 Å². The van der Waals surface area contributed by atoms with Crippen LogP contribution in [-0.2, 0) is 16.1 Å². The zero-order valence-electron chi connectivity index (χ0n) is 13.5. The minimum Gasteiger partial charge on any atom is -0.482 e. The fourth-order valence-corrected chi connectivity index (χ4v) is 3.09. The highest BCUT2D eigenvalue weighted by Gasteiger charge is 2.10. The maximum Gasteiger partial charge on any atom is 0.343 e. The first-order valence-electron chi connectivity index (χ1n) is 7.58. The Labute approximate surface area is 148 Å². The van der Waals surface area contributed by atoms with Crippen LogP contribution in [0.5, 0.6) is 5.75 Å². The van der Waals surface area contributed by atoms with Crippen LogP contribution in [0.3, 0.4) is 0 Å². The van der Waals surface area contributed by atoms with Gasteiger partial charge in [-0.15, -0.1) is 11.3 Å². The number of carbonyl (C=O) groups excluding carboxylic acids is 2. The summed E-state index contributed by atoms with van der Waals surface area (Å²) < 4.78 is 10.9. The highest BCUT2D eigenvalue weighted by Crippen LogP contribution is 2.21. The number of nitrogens with one attached hydrogen (secondary N) is 1. The van der Waals surface area contributed by atoms with Crippen LogP contribution < -0.4 is 10.1 Å². The SMILES string of the molecule is COC(=O)COc1cccc(C(=O)NCc2nc3ccccc3s2)c1. The number of para-hydroxylation sites is 1. The number of aromatic nitrogens is 1. The number of thiazole rings is 1. The van der Waals surface area contributed by atoms with Gasteiger partial charge in [0.05, 0.1) is 23.9 Å². The maximum absolute atomic E-state index is 12.3. The molecular weight excluding hydrogens is 340 g/mol. The number of methoxy groups -OCH3 is 1. The van der Waals surface area contributed by atoms with Crippen molar-refractivity contribution in [3.8, 4) is 5.75 Å². The number of rotatable bonds is 6. The molecule has 6 nitrogen and oxygen atoms in total. The van der Waals surface area contributed by atoms with E-state index in [9.17, 15) is 9.59 Å². The number of ether oxygens (including phenoxy) is 2. The molecule has 0 radical (unpaired) electrons. The quantitative estimate of drug-likeness (QED) is 0.687. The van der Waals surface area contributed by atoms with Gasteiger partial charge in [-0.2, -0.15) is 0 Å². The Hall–Kier alpha value is -2.93. The average molecular weight is 356 g/mol. The number of fused-ring (bicyclic) bond motifs is 1. The maximum atomic E-state index is 12.3. The second-order valence-electron chi connectivity index (χ2n) is 5.15. The normalized spacial score (nSPS) is 10.4. The highest BCUT2D eigenvalue weighted by atomic mass is 32.1. The van der Waals surface area contributed by atoms with Crippen LogP contribution in [0, 0.1) is 0 Å². The second-order valence-corrected chi connectivity index (χ2v) is 6.27. The van der Waals surface area contributed by atoms with Crippen molar-refractivity contribution in [3.05, 3.63) is 59.1 Å². The largest absolute Gasteiger partial charge is 0.482 e. The van der Waals surface area contributed by atoms with E-state index in [0.29, 0.717) is 17.9 Å². The number of hydrogen-bond acceptors (Lipinski definition) is 6. The fraction of sp³-hybridized carbons (Fsp3) is 0.167. The minimum absolute atomic E-state index is 0.201. The summed E-state index contributed by atoms with van der Waals surface area (Å²) in [6.07, 6.45) is 0. The van der Waals surface area contributed by atoms with Crippen LogP contribution in [0.2, 0.25) is 0 Å². The predicted octanol–water partition coefficient (Wildman–Crippen LogP) is 2.78. The Morgan fingerprint density at radius 2 is 2.00 bits per heavy atom. The Morgan fingerprint density at radius 1 is 1.16 bits per heavy atom. The first-order chi connectivity index (χ1) is 12.2. The van der Waals surface area contributed by atoms with Gasteiger partial charge >= 0.3 is 5.97 Å². The van der Waals surface area contributed by atoms with Gasteiger partial charge in [0.25, 0.3) is 5.91 Å². The predicted molar refractivity (Wildman–Crippen MR) is 94.7 cm³/mol.